The van der Waals surface area contributed by atoms with Crippen molar-refractivity contribution in [3.05, 3.63) is 227 Å². The van der Waals surface area contributed by atoms with Crippen LogP contribution >= 0.6 is 15.9 Å². The van der Waals surface area contributed by atoms with Crippen LogP contribution in [0.15, 0.2) is 188 Å². The number of aromatic hydroxyl groups is 4. The minimum Gasteiger partial charge on any atom is -0.508 e. The fraction of sp³-hybridized carbons (Fsp3) is 0.400. The number of fused-ring (bicyclic) bond motifs is 3. The van der Waals surface area contributed by atoms with E-state index in [4.69, 9.17) is 10.2 Å². The van der Waals surface area contributed by atoms with Crippen molar-refractivity contribution in [3.63, 3.8) is 0 Å². The van der Waals surface area contributed by atoms with Gasteiger partial charge in [0.2, 0.25) is 0 Å². The van der Waals surface area contributed by atoms with Gasteiger partial charge in [0, 0.05) is 55.3 Å². The highest BCUT2D eigenvalue weighted by Gasteiger charge is 2.52. The van der Waals surface area contributed by atoms with Crippen molar-refractivity contribution in [1.82, 2.24) is 15.1 Å². The average molecular weight is 1290 g/mol. The molecule has 0 radical (unpaired) electrons. The van der Waals surface area contributed by atoms with Gasteiger partial charge < -0.3 is 46.2 Å². The zero-order valence-corrected chi connectivity index (χ0v) is 53.5. The number of carbonyl (C=O) groups excluding carboxylic acids is 3. The number of nitrogens with one attached hydrogen (secondary N) is 1. The van der Waals surface area contributed by atoms with Gasteiger partial charge in [-0.25, -0.2) is 0 Å². The lowest BCUT2D eigenvalue weighted by atomic mass is 9.90. The van der Waals surface area contributed by atoms with Gasteiger partial charge in [0.15, 0.2) is 17.3 Å². The standard InChI is InChI=1S/C22H27NO3.C22H25NO3.C13H17NO.C9H9BrO2.C9H10O2/c2*1-15(21(25)16-7-9-20(24)10-8-16)23-13-17-11-22(26,12-18(17)14-23)19-5-3-2-4-6-19;15-13(12-4-2-1-3-5-12)6-10-8-14-9-11(10)7-13;1-6(10)9(12)7-2-4-8(11)5-3-7;1-2-9(11)7-3-5-8(10)6-4-7/h2-10,15,17-18,21,24-26H,11-14H2,1H3;2-10,15,17-18,24,26H,11-14H2,1H3;1-5,10-11,14-15H,6-9H2;2-6,11H,1H3;3-6,10H,2H2,1H3/t15?,17-,18+,21?,22?;15?,17-,18+,22?;10-,11+,13?;;. The summed E-state index contributed by atoms with van der Waals surface area (Å²) < 4.78 is 0. The fourth-order valence-electron chi connectivity index (χ4n) is 14.5. The summed E-state index contributed by atoms with van der Waals surface area (Å²) in [5, 5.41) is 83.6. The summed E-state index contributed by atoms with van der Waals surface area (Å²) in [7, 11) is 0. The van der Waals surface area contributed by atoms with Crippen LogP contribution < -0.4 is 5.32 Å². The number of alkyl halides is 1. The lowest BCUT2D eigenvalue weighted by Crippen LogP contribution is -2.39. The molecule has 14 nitrogen and oxygen atoms in total. The summed E-state index contributed by atoms with van der Waals surface area (Å²) in [5.41, 5.74) is 3.86. The van der Waals surface area contributed by atoms with E-state index in [1.165, 1.54) is 24.3 Å². The van der Waals surface area contributed by atoms with E-state index in [1.54, 1.807) is 79.7 Å². The van der Waals surface area contributed by atoms with Crippen molar-refractivity contribution in [2.45, 2.75) is 112 Å². The molecule has 3 heterocycles. The number of aliphatic hydroxyl groups excluding tert-OH is 1. The SMILES string of the molecule is CC(Br)C(=O)c1ccc(O)cc1.CC(C(=O)c1ccc(O)cc1)N1C[C@@H]2CC(O)(c3ccccc3)C[C@@H]2C1.CC(C(O)c1ccc(O)cc1)N1C[C@@H]2CC(O)(c3ccccc3)C[C@@H]2C1.CCC(=O)c1ccc(O)cc1.OC1(c2ccccc2)C[C@H]2CNC[C@H]2C1. The van der Waals surface area contributed by atoms with E-state index in [9.17, 15) is 45.0 Å². The minimum atomic E-state index is -0.729. The zero-order valence-electron chi connectivity index (χ0n) is 51.9. The number of aliphatic hydroxyl groups is 4. The maximum absolute atomic E-state index is 12.7. The van der Waals surface area contributed by atoms with Crippen molar-refractivity contribution in [1.29, 1.82) is 0 Å². The summed E-state index contributed by atoms with van der Waals surface area (Å²) in [6.07, 6.45) is 4.88. The molecule has 7 unspecified atom stereocenters. The molecule has 6 fully saturated rings. The van der Waals surface area contributed by atoms with Gasteiger partial charge in [0.1, 0.15) is 23.0 Å². The molecule has 3 saturated carbocycles. The first kappa shape index (κ1) is 67.3. The van der Waals surface area contributed by atoms with E-state index in [0.717, 1.165) is 100 Å². The van der Waals surface area contributed by atoms with Crippen LogP contribution in [0.1, 0.15) is 132 Å². The van der Waals surface area contributed by atoms with Gasteiger partial charge in [-0.2, -0.15) is 0 Å². The topological polar surface area (TPSA) is 232 Å². The van der Waals surface area contributed by atoms with Crippen molar-refractivity contribution >= 4 is 33.3 Å². The molecule has 7 aromatic carbocycles. The maximum atomic E-state index is 12.7. The van der Waals surface area contributed by atoms with Gasteiger partial charge in [-0.3, -0.25) is 24.2 Å². The number of phenolic OH excluding ortho intramolecular Hbond substituents is 4. The van der Waals surface area contributed by atoms with Gasteiger partial charge >= 0.3 is 0 Å². The first-order valence-electron chi connectivity index (χ1n) is 31.7. The second-order valence-corrected chi connectivity index (χ2v) is 27.1. The number of phenols is 4. The fourth-order valence-corrected chi connectivity index (χ4v) is 14.7. The van der Waals surface area contributed by atoms with Gasteiger partial charge in [0.05, 0.1) is 33.8 Å². The number of carbonyl (C=O) groups is 3. The third kappa shape index (κ3) is 16.5. The number of benzene rings is 7. The Hall–Kier alpha value is -7.05. The molecular weight excluding hydrogens is 1200 g/mol. The molecule has 7 aromatic rings. The Bertz CT molecular complexity index is 3390. The first-order chi connectivity index (χ1) is 43.0. The predicted octanol–water partition coefficient (Wildman–Crippen LogP) is 12.1. The number of hydrogen-bond donors (Lipinski definition) is 9. The van der Waals surface area contributed by atoms with Gasteiger partial charge in [-0.05, 0) is 215 Å². The van der Waals surface area contributed by atoms with Crippen LogP contribution in [0.4, 0.5) is 0 Å². The van der Waals surface area contributed by atoms with Crippen LogP contribution in [0.5, 0.6) is 23.0 Å². The highest BCUT2D eigenvalue weighted by atomic mass is 79.9. The Morgan fingerprint density at radius 3 is 1.11 bits per heavy atom. The second kappa shape index (κ2) is 29.9. The van der Waals surface area contributed by atoms with Crippen LogP contribution in [0.2, 0.25) is 0 Å². The molecule has 0 spiro atoms. The molecular formula is C75H88BrN3O11. The Balaban J connectivity index is 0.000000140. The molecule has 13 rings (SSSR count). The number of nitrogens with zero attached hydrogens (tertiary/aromatic N) is 2. The summed E-state index contributed by atoms with van der Waals surface area (Å²) in [6.45, 7) is 13.3. The van der Waals surface area contributed by atoms with Crippen LogP contribution in [0, 0.1) is 35.5 Å². The van der Waals surface area contributed by atoms with Crippen molar-refractivity contribution in [3.8, 4) is 23.0 Å². The zero-order chi connectivity index (χ0) is 64.3. The summed E-state index contributed by atoms with van der Waals surface area (Å²) in [4.78, 5) is 39.5. The third-order valence-electron chi connectivity index (χ3n) is 19.6. The van der Waals surface area contributed by atoms with Crippen LogP contribution in [0.25, 0.3) is 0 Å². The number of Topliss-reactive ketones (excluding diaryl/α,β-unsaturated/α-hetero) is 3. The molecule has 6 aliphatic rings. The smallest absolute Gasteiger partial charge is 0.179 e. The van der Waals surface area contributed by atoms with Crippen LogP contribution in [-0.2, 0) is 16.8 Å². The molecule has 9 N–H and O–H groups in total. The molecule has 13 atom stereocenters. The largest absolute Gasteiger partial charge is 0.508 e. The van der Waals surface area contributed by atoms with E-state index < -0.39 is 22.9 Å². The average Bonchev–Trinajstić information content (AvgIpc) is 2.19. The molecule has 15 heteroatoms. The Morgan fingerprint density at radius 2 is 0.767 bits per heavy atom. The minimum absolute atomic E-state index is 0.00922. The lowest BCUT2D eigenvalue weighted by molar-refractivity contribution is 0.0211. The number of ketones is 3. The lowest BCUT2D eigenvalue weighted by Gasteiger charge is -2.31. The predicted molar refractivity (Wildman–Crippen MR) is 354 cm³/mol. The molecule has 90 heavy (non-hydrogen) atoms. The van der Waals surface area contributed by atoms with Gasteiger partial charge in [-0.15, -0.1) is 0 Å². The highest BCUT2D eigenvalue weighted by Crippen LogP contribution is 2.51. The summed E-state index contributed by atoms with van der Waals surface area (Å²) in [5.74, 6) is 4.10. The normalized spacial score (nSPS) is 26.8. The molecule has 476 valence electrons. The summed E-state index contributed by atoms with van der Waals surface area (Å²) in [6, 6.07) is 55.7. The molecule has 0 aromatic heterocycles. The number of hydrogen-bond acceptors (Lipinski definition) is 14. The van der Waals surface area contributed by atoms with Crippen LogP contribution in [-0.4, -0.2) is 124 Å². The highest BCUT2D eigenvalue weighted by molar-refractivity contribution is 9.10. The van der Waals surface area contributed by atoms with E-state index in [2.05, 4.69) is 50.1 Å². The quantitative estimate of drug-likeness (QED) is 0.0386. The Kier molecular flexibility index (Phi) is 22.4. The Labute approximate surface area is 538 Å². The monoisotopic (exact) mass is 1290 g/mol. The van der Waals surface area contributed by atoms with Gasteiger partial charge in [-0.1, -0.05) is 126 Å². The molecule has 3 aliphatic heterocycles. The van der Waals surface area contributed by atoms with Crippen molar-refractivity contribution in [2.75, 3.05) is 39.3 Å². The molecule has 3 saturated heterocycles. The van der Waals surface area contributed by atoms with Crippen molar-refractivity contribution < 1.29 is 55.2 Å². The maximum Gasteiger partial charge on any atom is 0.179 e. The van der Waals surface area contributed by atoms with E-state index in [0.29, 0.717) is 58.6 Å². The number of likely N-dealkylation sites (tertiary alicyclic amines) is 2. The molecule has 0 bridgehead atoms. The number of halogens is 1. The third-order valence-corrected chi connectivity index (χ3v) is 20.0. The van der Waals surface area contributed by atoms with E-state index in [-0.39, 0.29) is 57.3 Å². The van der Waals surface area contributed by atoms with Crippen molar-refractivity contribution in [2.24, 2.45) is 35.5 Å². The molecule has 0 amide bonds. The van der Waals surface area contributed by atoms with E-state index >= 15 is 0 Å². The molecule has 3 aliphatic carbocycles. The first-order valence-corrected chi connectivity index (χ1v) is 32.6. The summed E-state index contributed by atoms with van der Waals surface area (Å²) >= 11 is 3.18. The second-order valence-electron chi connectivity index (χ2n) is 25.8. The Morgan fingerprint density at radius 1 is 0.456 bits per heavy atom. The van der Waals surface area contributed by atoms with E-state index in [1.807, 2.05) is 92.7 Å². The van der Waals surface area contributed by atoms with Crippen LogP contribution in [0.3, 0.4) is 0 Å². The van der Waals surface area contributed by atoms with Gasteiger partial charge in [0.25, 0.3) is 0 Å². The number of rotatable bonds is 13.